The maximum absolute atomic E-state index is 8.90. The van der Waals surface area contributed by atoms with Crippen molar-refractivity contribution in [2.75, 3.05) is 5.32 Å². The molecule has 0 radical (unpaired) electrons. The molecule has 2 rings (SSSR count). The lowest BCUT2D eigenvalue weighted by atomic mass is 10.1. The van der Waals surface area contributed by atoms with Gasteiger partial charge in [0.05, 0.1) is 17.7 Å². The average Bonchev–Trinajstić information content (AvgIpc) is 2.53. The number of hydrogen-bond donors (Lipinski definition) is 2. The number of nitrogens with one attached hydrogen (secondary N) is 2. The van der Waals surface area contributed by atoms with E-state index in [0.717, 1.165) is 12.1 Å². The molecule has 0 saturated carbocycles. The summed E-state index contributed by atoms with van der Waals surface area (Å²) in [5, 5.41) is 15.9. The summed E-state index contributed by atoms with van der Waals surface area (Å²) >= 11 is 5.35. The summed E-state index contributed by atoms with van der Waals surface area (Å²) in [5.74, 6) is 0. The van der Waals surface area contributed by atoms with Gasteiger partial charge in [0.1, 0.15) is 0 Å². The standard InChI is InChI=1S/C17H17N3S/c1-2-16(14-8-4-3-5-9-14)20-17(21)19-15-10-6-7-13(11-15)12-18/h3-11,16H,2H2,1H3,(H2,19,20,21). The van der Waals surface area contributed by atoms with Crippen molar-refractivity contribution in [3.63, 3.8) is 0 Å². The zero-order chi connectivity index (χ0) is 15.1. The molecular formula is C17H17N3S. The van der Waals surface area contributed by atoms with Crippen molar-refractivity contribution in [1.29, 1.82) is 5.26 Å². The maximum Gasteiger partial charge on any atom is 0.171 e. The second-order valence-corrected chi connectivity index (χ2v) is 5.07. The van der Waals surface area contributed by atoms with Crippen LogP contribution in [0.15, 0.2) is 54.6 Å². The highest BCUT2D eigenvalue weighted by Crippen LogP contribution is 2.16. The molecule has 4 heteroatoms. The van der Waals surface area contributed by atoms with Crippen LogP contribution in [0.2, 0.25) is 0 Å². The minimum Gasteiger partial charge on any atom is -0.356 e. The Bertz CT molecular complexity index is 647. The van der Waals surface area contributed by atoms with Crippen molar-refractivity contribution in [3.05, 3.63) is 65.7 Å². The number of nitriles is 1. The molecule has 2 aromatic carbocycles. The van der Waals surface area contributed by atoms with E-state index in [9.17, 15) is 0 Å². The van der Waals surface area contributed by atoms with Gasteiger partial charge in [0.25, 0.3) is 0 Å². The number of thiocarbonyl (C=S) groups is 1. The van der Waals surface area contributed by atoms with Crippen LogP contribution in [0.1, 0.15) is 30.5 Å². The third-order valence-corrected chi connectivity index (χ3v) is 3.38. The Hall–Kier alpha value is -2.38. The van der Waals surface area contributed by atoms with E-state index in [0.29, 0.717) is 10.7 Å². The van der Waals surface area contributed by atoms with Gasteiger partial charge in [-0.3, -0.25) is 0 Å². The lowest BCUT2D eigenvalue weighted by molar-refractivity contribution is 0.629. The Kier molecular flexibility index (Phi) is 5.30. The van der Waals surface area contributed by atoms with E-state index in [1.165, 1.54) is 5.56 Å². The molecule has 21 heavy (non-hydrogen) atoms. The fourth-order valence-corrected chi connectivity index (χ4v) is 2.36. The van der Waals surface area contributed by atoms with Crippen LogP contribution in [0.5, 0.6) is 0 Å². The molecule has 0 aliphatic rings. The van der Waals surface area contributed by atoms with Crippen molar-refractivity contribution < 1.29 is 0 Å². The van der Waals surface area contributed by atoms with Gasteiger partial charge in [0.15, 0.2) is 5.11 Å². The highest BCUT2D eigenvalue weighted by atomic mass is 32.1. The summed E-state index contributed by atoms with van der Waals surface area (Å²) in [6, 6.07) is 19.8. The minimum absolute atomic E-state index is 0.172. The van der Waals surface area contributed by atoms with Crippen molar-refractivity contribution in [2.45, 2.75) is 19.4 Å². The molecule has 0 spiro atoms. The molecule has 0 aromatic heterocycles. The summed E-state index contributed by atoms with van der Waals surface area (Å²) in [7, 11) is 0. The summed E-state index contributed by atoms with van der Waals surface area (Å²) < 4.78 is 0. The minimum atomic E-state index is 0.172. The van der Waals surface area contributed by atoms with Gasteiger partial charge in [-0.25, -0.2) is 0 Å². The van der Waals surface area contributed by atoms with Crippen molar-refractivity contribution in [1.82, 2.24) is 5.32 Å². The van der Waals surface area contributed by atoms with E-state index >= 15 is 0 Å². The largest absolute Gasteiger partial charge is 0.356 e. The van der Waals surface area contributed by atoms with Gasteiger partial charge in [0.2, 0.25) is 0 Å². The Balaban J connectivity index is 2.02. The molecule has 2 aromatic rings. The Morgan fingerprint density at radius 2 is 1.95 bits per heavy atom. The Morgan fingerprint density at radius 3 is 2.62 bits per heavy atom. The fourth-order valence-electron chi connectivity index (χ4n) is 2.10. The second-order valence-electron chi connectivity index (χ2n) is 4.66. The quantitative estimate of drug-likeness (QED) is 0.837. The van der Waals surface area contributed by atoms with Gasteiger partial charge >= 0.3 is 0 Å². The van der Waals surface area contributed by atoms with Crippen molar-refractivity contribution in [3.8, 4) is 6.07 Å². The van der Waals surface area contributed by atoms with Gasteiger partial charge in [-0.2, -0.15) is 5.26 Å². The van der Waals surface area contributed by atoms with Crippen LogP contribution in [-0.2, 0) is 0 Å². The first kappa shape index (κ1) is 15.0. The predicted molar refractivity (Wildman–Crippen MR) is 90.0 cm³/mol. The monoisotopic (exact) mass is 295 g/mol. The fraction of sp³-hybridized carbons (Fsp3) is 0.176. The van der Waals surface area contributed by atoms with Gasteiger partial charge in [0, 0.05) is 5.69 Å². The van der Waals surface area contributed by atoms with Crippen molar-refractivity contribution >= 4 is 23.0 Å². The van der Waals surface area contributed by atoms with Crippen LogP contribution in [0.4, 0.5) is 5.69 Å². The molecule has 0 heterocycles. The smallest absolute Gasteiger partial charge is 0.171 e. The van der Waals surface area contributed by atoms with Gasteiger partial charge in [-0.05, 0) is 42.4 Å². The molecule has 0 bridgehead atoms. The normalized spacial score (nSPS) is 11.2. The number of nitrogens with zero attached hydrogens (tertiary/aromatic N) is 1. The van der Waals surface area contributed by atoms with Crippen LogP contribution >= 0.6 is 12.2 Å². The first-order chi connectivity index (χ1) is 10.2. The first-order valence-corrected chi connectivity index (χ1v) is 7.26. The Labute approximate surface area is 130 Å². The third kappa shape index (κ3) is 4.30. The van der Waals surface area contributed by atoms with Gasteiger partial charge < -0.3 is 10.6 Å². The molecule has 0 amide bonds. The molecule has 1 unspecified atom stereocenters. The molecule has 1 atom stereocenters. The molecule has 2 N–H and O–H groups in total. The van der Waals surface area contributed by atoms with Crippen LogP contribution in [0.3, 0.4) is 0 Å². The molecule has 3 nitrogen and oxygen atoms in total. The molecular weight excluding hydrogens is 278 g/mol. The zero-order valence-electron chi connectivity index (χ0n) is 11.8. The number of rotatable bonds is 4. The molecule has 0 aliphatic carbocycles. The van der Waals surface area contributed by atoms with E-state index < -0.39 is 0 Å². The molecule has 0 fully saturated rings. The topological polar surface area (TPSA) is 47.8 Å². The third-order valence-electron chi connectivity index (χ3n) is 3.17. The van der Waals surface area contributed by atoms with Gasteiger partial charge in [-0.1, -0.05) is 43.3 Å². The number of anilines is 1. The lowest BCUT2D eigenvalue weighted by Crippen LogP contribution is -2.32. The summed E-state index contributed by atoms with van der Waals surface area (Å²) in [6.07, 6.45) is 0.935. The Morgan fingerprint density at radius 1 is 1.19 bits per heavy atom. The van der Waals surface area contributed by atoms with E-state index in [1.54, 1.807) is 12.1 Å². The second kappa shape index (κ2) is 7.41. The maximum atomic E-state index is 8.90. The van der Waals surface area contributed by atoms with E-state index in [-0.39, 0.29) is 6.04 Å². The predicted octanol–water partition coefficient (Wildman–Crippen LogP) is 4.00. The SMILES string of the molecule is CCC(NC(=S)Nc1cccc(C#N)c1)c1ccccc1. The van der Waals surface area contributed by atoms with Gasteiger partial charge in [-0.15, -0.1) is 0 Å². The van der Waals surface area contributed by atoms with E-state index in [4.69, 9.17) is 17.5 Å². The molecule has 0 aliphatic heterocycles. The average molecular weight is 295 g/mol. The lowest BCUT2D eigenvalue weighted by Gasteiger charge is -2.20. The van der Waals surface area contributed by atoms with E-state index in [2.05, 4.69) is 35.8 Å². The molecule has 0 saturated heterocycles. The van der Waals surface area contributed by atoms with Crippen LogP contribution in [0, 0.1) is 11.3 Å². The summed E-state index contributed by atoms with van der Waals surface area (Å²) in [6.45, 7) is 2.11. The van der Waals surface area contributed by atoms with Crippen LogP contribution in [0.25, 0.3) is 0 Å². The summed E-state index contributed by atoms with van der Waals surface area (Å²) in [4.78, 5) is 0. The first-order valence-electron chi connectivity index (χ1n) is 6.85. The van der Waals surface area contributed by atoms with Crippen molar-refractivity contribution in [2.24, 2.45) is 0 Å². The van der Waals surface area contributed by atoms with E-state index in [1.807, 2.05) is 30.3 Å². The van der Waals surface area contributed by atoms with Crippen LogP contribution < -0.4 is 10.6 Å². The highest BCUT2D eigenvalue weighted by Gasteiger charge is 2.10. The zero-order valence-corrected chi connectivity index (χ0v) is 12.7. The van der Waals surface area contributed by atoms with Crippen LogP contribution in [-0.4, -0.2) is 5.11 Å². The number of benzene rings is 2. The molecule has 106 valence electrons. The summed E-state index contributed by atoms with van der Waals surface area (Å²) in [5.41, 5.74) is 2.63. The number of hydrogen-bond acceptors (Lipinski definition) is 2. The highest BCUT2D eigenvalue weighted by molar-refractivity contribution is 7.80.